The number of rotatable bonds is 5. The summed E-state index contributed by atoms with van der Waals surface area (Å²) in [5, 5.41) is 12.7. The molecule has 0 heterocycles. The average molecular weight is 293 g/mol. The average Bonchev–Trinajstić information content (AvgIpc) is 2.47. The Kier molecular flexibility index (Phi) is 4.43. The third kappa shape index (κ3) is 3.31. The second-order valence-corrected chi connectivity index (χ2v) is 4.97. The van der Waals surface area contributed by atoms with Gasteiger partial charge in [0.05, 0.1) is 19.3 Å². The monoisotopic (exact) mass is 293 g/mol. The van der Waals surface area contributed by atoms with E-state index in [0.29, 0.717) is 11.3 Å². The first-order valence-electron chi connectivity index (χ1n) is 6.47. The van der Waals surface area contributed by atoms with Gasteiger partial charge in [0.15, 0.2) is 11.6 Å². The van der Waals surface area contributed by atoms with E-state index >= 15 is 0 Å². The van der Waals surface area contributed by atoms with Crippen molar-refractivity contribution in [1.82, 2.24) is 0 Å². The van der Waals surface area contributed by atoms with Crippen molar-refractivity contribution in [2.75, 3.05) is 19.0 Å². The lowest BCUT2D eigenvalue weighted by Gasteiger charge is -2.30. The van der Waals surface area contributed by atoms with E-state index in [1.165, 1.54) is 31.4 Å². The van der Waals surface area contributed by atoms with E-state index < -0.39 is 11.4 Å². The predicted molar refractivity (Wildman–Crippen MR) is 77.4 cm³/mol. The molecule has 2 rings (SSSR count). The molecule has 0 aromatic heterocycles. The number of hydrogen-bond acceptors (Lipinski definition) is 3. The molecule has 0 aliphatic rings. The van der Waals surface area contributed by atoms with Gasteiger partial charge in [-0.05, 0) is 42.8 Å². The first kappa shape index (κ1) is 15.3. The molecule has 1 atom stereocenters. The molecule has 0 aliphatic heterocycles. The maximum absolute atomic E-state index is 13.8. The van der Waals surface area contributed by atoms with Crippen LogP contribution in [0.25, 0.3) is 0 Å². The van der Waals surface area contributed by atoms with Gasteiger partial charge in [0, 0.05) is 5.69 Å². The van der Waals surface area contributed by atoms with Crippen molar-refractivity contribution in [2.45, 2.75) is 12.5 Å². The van der Waals surface area contributed by atoms with Crippen LogP contribution in [0.5, 0.6) is 5.75 Å². The van der Waals surface area contributed by atoms with Crippen LogP contribution >= 0.6 is 0 Å². The molecule has 2 aromatic carbocycles. The maximum atomic E-state index is 13.8. The molecular weight excluding hydrogens is 276 g/mol. The standard InChI is InChI=1S/C16H17F2NO2/c1-16(10-20,19-13-5-3-4-12(17)9-13)11-6-7-15(21-2)14(18)8-11/h3-9,19-20H,10H2,1-2H3. The van der Waals surface area contributed by atoms with Crippen molar-refractivity contribution >= 4 is 5.69 Å². The van der Waals surface area contributed by atoms with Gasteiger partial charge in [-0.1, -0.05) is 12.1 Å². The quantitative estimate of drug-likeness (QED) is 0.889. The Bertz CT molecular complexity index is 633. The number of ether oxygens (including phenoxy) is 1. The van der Waals surface area contributed by atoms with Crippen LogP contribution in [0.2, 0.25) is 0 Å². The number of nitrogens with one attached hydrogen (secondary N) is 1. The van der Waals surface area contributed by atoms with E-state index in [1.54, 1.807) is 25.1 Å². The second-order valence-electron chi connectivity index (χ2n) is 4.97. The van der Waals surface area contributed by atoms with Crippen molar-refractivity contribution < 1.29 is 18.6 Å². The highest BCUT2D eigenvalue weighted by Gasteiger charge is 2.27. The summed E-state index contributed by atoms with van der Waals surface area (Å²) in [5.74, 6) is -0.776. The third-order valence-corrected chi connectivity index (χ3v) is 3.35. The summed E-state index contributed by atoms with van der Waals surface area (Å²) in [6, 6.07) is 10.3. The highest BCUT2D eigenvalue weighted by Crippen LogP contribution is 2.29. The zero-order valence-electron chi connectivity index (χ0n) is 11.9. The van der Waals surface area contributed by atoms with Crippen LogP contribution in [-0.4, -0.2) is 18.8 Å². The molecule has 112 valence electrons. The number of aliphatic hydroxyl groups is 1. The molecule has 0 saturated carbocycles. The van der Waals surface area contributed by atoms with Crippen molar-refractivity contribution in [3.8, 4) is 5.75 Å². The summed E-state index contributed by atoms with van der Waals surface area (Å²) in [6.07, 6.45) is 0. The van der Waals surface area contributed by atoms with Gasteiger partial charge in [-0.2, -0.15) is 0 Å². The van der Waals surface area contributed by atoms with Crippen molar-refractivity contribution in [2.24, 2.45) is 0 Å². The predicted octanol–water partition coefficient (Wildman–Crippen LogP) is 3.29. The Hall–Kier alpha value is -2.14. The highest BCUT2D eigenvalue weighted by molar-refractivity contribution is 5.48. The van der Waals surface area contributed by atoms with E-state index in [2.05, 4.69) is 5.32 Å². The Morgan fingerprint density at radius 1 is 1.19 bits per heavy atom. The summed E-state index contributed by atoms with van der Waals surface area (Å²) in [7, 11) is 1.38. The molecule has 2 N–H and O–H groups in total. The van der Waals surface area contributed by atoms with Crippen LogP contribution in [0.15, 0.2) is 42.5 Å². The minimum Gasteiger partial charge on any atom is -0.494 e. The zero-order chi connectivity index (χ0) is 15.5. The first-order chi connectivity index (χ1) is 9.98. The molecular formula is C16H17F2NO2. The summed E-state index contributed by atoms with van der Waals surface area (Å²) in [6.45, 7) is 1.43. The number of aliphatic hydroxyl groups excluding tert-OH is 1. The lowest BCUT2D eigenvalue weighted by Crippen LogP contribution is -2.36. The minimum absolute atomic E-state index is 0.129. The van der Waals surface area contributed by atoms with Crippen LogP contribution in [0.4, 0.5) is 14.5 Å². The van der Waals surface area contributed by atoms with E-state index in [1.807, 2.05) is 0 Å². The van der Waals surface area contributed by atoms with Crippen LogP contribution in [0.1, 0.15) is 12.5 Å². The molecule has 2 aromatic rings. The molecule has 21 heavy (non-hydrogen) atoms. The number of benzene rings is 2. The summed E-state index contributed by atoms with van der Waals surface area (Å²) in [5.41, 5.74) is 0.0938. The van der Waals surface area contributed by atoms with Gasteiger partial charge in [-0.3, -0.25) is 0 Å². The lowest BCUT2D eigenvalue weighted by molar-refractivity contribution is 0.223. The molecule has 0 spiro atoms. The maximum Gasteiger partial charge on any atom is 0.165 e. The van der Waals surface area contributed by atoms with E-state index in [9.17, 15) is 13.9 Å². The summed E-state index contributed by atoms with van der Waals surface area (Å²) in [4.78, 5) is 0. The third-order valence-electron chi connectivity index (χ3n) is 3.35. The van der Waals surface area contributed by atoms with Gasteiger partial charge in [0.2, 0.25) is 0 Å². The largest absolute Gasteiger partial charge is 0.494 e. The van der Waals surface area contributed by atoms with Gasteiger partial charge >= 0.3 is 0 Å². The number of anilines is 1. The summed E-state index contributed by atoms with van der Waals surface area (Å²) >= 11 is 0. The molecule has 1 unspecified atom stereocenters. The summed E-state index contributed by atoms with van der Waals surface area (Å²) < 4.78 is 31.9. The number of methoxy groups -OCH3 is 1. The smallest absolute Gasteiger partial charge is 0.165 e. The first-order valence-corrected chi connectivity index (χ1v) is 6.47. The van der Waals surface area contributed by atoms with Gasteiger partial charge < -0.3 is 15.2 Å². The molecule has 0 saturated heterocycles. The fraction of sp³-hybridized carbons (Fsp3) is 0.250. The molecule has 0 fully saturated rings. The molecule has 0 radical (unpaired) electrons. The van der Waals surface area contributed by atoms with E-state index in [0.717, 1.165) is 0 Å². The van der Waals surface area contributed by atoms with Gasteiger partial charge in [0.25, 0.3) is 0 Å². The van der Waals surface area contributed by atoms with Crippen molar-refractivity contribution in [3.05, 3.63) is 59.7 Å². The van der Waals surface area contributed by atoms with Gasteiger partial charge in [-0.15, -0.1) is 0 Å². The fourth-order valence-electron chi connectivity index (χ4n) is 2.10. The Balaban J connectivity index is 2.34. The lowest BCUT2D eigenvalue weighted by atomic mass is 9.92. The Morgan fingerprint density at radius 2 is 1.95 bits per heavy atom. The number of hydrogen-bond donors (Lipinski definition) is 2. The second kappa shape index (κ2) is 6.10. The van der Waals surface area contributed by atoms with E-state index in [4.69, 9.17) is 4.74 Å². The van der Waals surface area contributed by atoms with Crippen LogP contribution < -0.4 is 10.1 Å². The molecule has 5 heteroatoms. The van der Waals surface area contributed by atoms with Gasteiger partial charge in [0.1, 0.15) is 5.82 Å². The highest BCUT2D eigenvalue weighted by atomic mass is 19.1. The Morgan fingerprint density at radius 3 is 2.52 bits per heavy atom. The fourth-order valence-corrected chi connectivity index (χ4v) is 2.10. The number of halogens is 2. The van der Waals surface area contributed by atoms with Crippen molar-refractivity contribution in [1.29, 1.82) is 0 Å². The van der Waals surface area contributed by atoms with E-state index in [-0.39, 0.29) is 18.2 Å². The van der Waals surface area contributed by atoms with Crippen molar-refractivity contribution in [3.63, 3.8) is 0 Å². The zero-order valence-corrected chi connectivity index (χ0v) is 11.9. The normalized spacial score (nSPS) is 13.6. The SMILES string of the molecule is COc1ccc(C(C)(CO)Nc2cccc(F)c2)cc1F. The molecule has 0 aliphatic carbocycles. The van der Waals surface area contributed by atoms with Gasteiger partial charge in [-0.25, -0.2) is 8.78 Å². The van der Waals surface area contributed by atoms with Crippen LogP contribution in [-0.2, 0) is 5.54 Å². The molecule has 0 bridgehead atoms. The van der Waals surface area contributed by atoms with Crippen LogP contribution in [0.3, 0.4) is 0 Å². The molecule has 0 amide bonds. The minimum atomic E-state index is -0.944. The topological polar surface area (TPSA) is 41.5 Å². The Labute approximate surface area is 122 Å². The van der Waals surface area contributed by atoms with Crippen LogP contribution in [0, 0.1) is 11.6 Å². The molecule has 3 nitrogen and oxygen atoms in total.